The Morgan fingerprint density at radius 1 is 1.11 bits per heavy atom. The number of fused-ring (bicyclic) bond motifs is 1. The lowest BCUT2D eigenvalue weighted by atomic mass is 9.91. The average molecular weight is 663 g/mol. The summed E-state index contributed by atoms with van der Waals surface area (Å²) >= 11 is 7.88. The number of carbonyl (C=O) groups is 1. The zero-order valence-electron chi connectivity index (χ0n) is 27.9. The summed E-state index contributed by atoms with van der Waals surface area (Å²) in [5.74, 6) is -0.415. The van der Waals surface area contributed by atoms with Crippen LogP contribution >= 0.6 is 22.9 Å². The molecule has 7 nitrogen and oxygen atoms in total. The number of halogens is 1. The van der Waals surface area contributed by atoms with Crippen molar-refractivity contribution in [2.75, 3.05) is 37.3 Å². The van der Waals surface area contributed by atoms with Crippen molar-refractivity contribution in [1.82, 2.24) is 9.88 Å². The van der Waals surface area contributed by atoms with E-state index in [2.05, 4.69) is 29.3 Å². The van der Waals surface area contributed by atoms with E-state index < -0.39 is 17.7 Å². The molecule has 4 aromatic rings. The first-order chi connectivity index (χ1) is 22.0. The number of rotatable bonds is 11. The second kappa shape index (κ2) is 14.7. The number of carbonyl (C=O) groups excluding carboxylic acids is 1. The Hall–Kier alpha value is -3.17. The van der Waals surface area contributed by atoms with E-state index in [0.717, 1.165) is 74.7 Å². The van der Waals surface area contributed by atoms with Crippen molar-refractivity contribution in [1.29, 1.82) is 0 Å². The number of esters is 1. The number of piperidine rings is 1. The molecule has 246 valence electrons. The first kappa shape index (κ1) is 34.2. The highest BCUT2D eigenvalue weighted by atomic mass is 35.5. The molecule has 0 spiro atoms. The van der Waals surface area contributed by atoms with Gasteiger partial charge >= 0.3 is 5.97 Å². The molecule has 0 aliphatic carbocycles. The Labute approximate surface area is 282 Å². The molecule has 1 atom stereocenters. The van der Waals surface area contributed by atoms with Crippen molar-refractivity contribution in [2.45, 2.75) is 85.0 Å². The van der Waals surface area contributed by atoms with Crippen LogP contribution in [-0.2, 0) is 14.3 Å². The predicted octanol–water partition coefficient (Wildman–Crippen LogP) is 9.27. The lowest BCUT2D eigenvalue weighted by Gasteiger charge is -2.33. The second-order valence-electron chi connectivity index (χ2n) is 13.1. The van der Waals surface area contributed by atoms with E-state index in [0.29, 0.717) is 16.8 Å². The van der Waals surface area contributed by atoms with Crippen LogP contribution < -0.4 is 11.1 Å². The van der Waals surface area contributed by atoms with Crippen LogP contribution in [0.25, 0.3) is 31.9 Å². The van der Waals surface area contributed by atoms with E-state index >= 15 is 0 Å². The zero-order chi connectivity index (χ0) is 33.0. The van der Waals surface area contributed by atoms with E-state index in [-0.39, 0.29) is 6.61 Å². The van der Waals surface area contributed by atoms with Gasteiger partial charge < -0.3 is 25.4 Å². The van der Waals surface area contributed by atoms with Crippen LogP contribution in [0.2, 0.25) is 5.02 Å². The van der Waals surface area contributed by atoms with Crippen molar-refractivity contribution >= 4 is 50.5 Å². The number of likely N-dealkylation sites (tertiary alicyclic amines) is 1. The number of nitrogens with zero attached hydrogens (tertiary/aromatic N) is 2. The fourth-order valence-corrected chi connectivity index (χ4v) is 7.35. The number of hydrogen-bond acceptors (Lipinski definition) is 8. The molecule has 5 rings (SSSR count). The fraction of sp³-hybridized carbons (Fsp3) is 0.459. The van der Waals surface area contributed by atoms with Gasteiger partial charge in [0.2, 0.25) is 0 Å². The molecule has 1 saturated heterocycles. The van der Waals surface area contributed by atoms with E-state index in [1.807, 2.05) is 64.1 Å². The van der Waals surface area contributed by atoms with Gasteiger partial charge in [0, 0.05) is 40.8 Å². The number of thiazole rings is 1. The predicted molar refractivity (Wildman–Crippen MR) is 193 cm³/mol. The molecule has 0 bridgehead atoms. The van der Waals surface area contributed by atoms with Crippen molar-refractivity contribution in [3.05, 3.63) is 64.7 Å². The smallest absolute Gasteiger partial charge is 0.339 e. The van der Waals surface area contributed by atoms with E-state index in [9.17, 15) is 4.79 Å². The fourth-order valence-electron chi connectivity index (χ4n) is 6.10. The molecule has 9 heteroatoms. The summed E-state index contributed by atoms with van der Waals surface area (Å²) < 4.78 is 12.9. The van der Waals surface area contributed by atoms with Gasteiger partial charge in [0.25, 0.3) is 0 Å². The molecule has 1 aliphatic heterocycles. The molecular formula is C37H47ClN4O3S. The quantitative estimate of drug-likeness (QED) is 0.122. The van der Waals surface area contributed by atoms with E-state index in [1.54, 1.807) is 18.3 Å². The largest absolute Gasteiger partial charge is 0.464 e. The number of nitrogens with two attached hydrogens (primary N) is 1. The molecule has 2 heterocycles. The Morgan fingerprint density at radius 2 is 1.80 bits per heavy atom. The van der Waals surface area contributed by atoms with Crippen molar-refractivity contribution in [3.8, 4) is 21.7 Å². The number of benzene rings is 3. The molecule has 0 saturated carbocycles. The summed E-state index contributed by atoms with van der Waals surface area (Å²) in [4.78, 5) is 21.1. The number of aryl methyl sites for hydroxylation is 1. The average Bonchev–Trinajstić information content (AvgIpc) is 3.44. The lowest BCUT2D eigenvalue weighted by molar-refractivity contribution is -0.166. The van der Waals surface area contributed by atoms with Gasteiger partial charge in [-0.3, -0.25) is 0 Å². The van der Waals surface area contributed by atoms with Crippen LogP contribution in [0.15, 0.2) is 48.5 Å². The van der Waals surface area contributed by atoms with Crippen LogP contribution in [0.4, 0.5) is 11.4 Å². The molecular weight excluding hydrogens is 616 g/mol. The number of nitrogen functional groups attached to an aromatic ring is 1. The van der Waals surface area contributed by atoms with Crippen molar-refractivity contribution in [3.63, 3.8) is 0 Å². The molecule has 1 fully saturated rings. The number of nitrogens with one attached hydrogen (secondary N) is 1. The van der Waals surface area contributed by atoms with Gasteiger partial charge in [-0.2, -0.15) is 0 Å². The van der Waals surface area contributed by atoms with Crippen molar-refractivity contribution in [2.24, 2.45) is 0 Å². The minimum atomic E-state index is -0.917. The van der Waals surface area contributed by atoms with Gasteiger partial charge in [0.05, 0.1) is 33.8 Å². The minimum absolute atomic E-state index is 0.259. The van der Waals surface area contributed by atoms with E-state index in [1.165, 1.54) is 19.4 Å². The second-order valence-corrected chi connectivity index (χ2v) is 14.6. The number of unbranched alkanes of at least 4 members (excludes halogenated alkanes) is 1. The third-order valence-electron chi connectivity index (χ3n) is 8.37. The van der Waals surface area contributed by atoms with Crippen molar-refractivity contribution < 1.29 is 14.3 Å². The normalized spacial score (nSPS) is 15.3. The summed E-state index contributed by atoms with van der Waals surface area (Å²) in [6.07, 6.45) is 3.81. The first-order valence-corrected chi connectivity index (χ1v) is 17.6. The van der Waals surface area contributed by atoms with Gasteiger partial charge in [-0.15, -0.1) is 11.3 Å². The van der Waals surface area contributed by atoms with Crippen LogP contribution in [0, 0.1) is 6.92 Å². The monoisotopic (exact) mass is 662 g/mol. The van der Waals surface area contributed by atoms with Gasteiger partial charge in [-0.1, -0.05) is 37.1 Å². The third kappa shape index (κ3) is 8.03. The van der Waals surface area contributed by atoms with Gasteiger partial charge in [0.15, 0.2) is 6.10 Å². The van der Waals surface area contributed by atoms with Gasteiger partial charge in [-0.25, -0.2) is 9.78 Å². The maximum atomic E-state index is 13.4. The number of aromatic nitrogens is 1. The molecule has 3 aromatic carbocycles. The first-order valence-electron chi connectivity index (χ1n) is 16.4. The maximum Gasteiger partial charge on any atom is 0.339 e. The lowest BCUT2D eigenvalue weighted by Crippen LogP contribution is -2.39. The number of hydrogen-bond donors (Lipinski definition) is 2. The summed E-state index contributed by atoms with van der Waals surface area (Å²) in [5.41, 5.74) is 13.0. The Morgan fingerprint density at radius 3 is 2.43 bits per heavy atom. The van der Waals surface area contributed by atoms with E-state index in [4.69, 9.17) is 31.8 Å². The van der Waals surface area contributed by atoms with Crippen LogP contribution in [-0.4, -0.2) is 53.7 Å². The molecule has 3 N–H and O–H groups in total. The Kier molecular flexibility index (Phi) is 10.9. The summed E-state index contributed by atoms with van der Waals surface area (Å²) in [6.45, 7) is 15.6. The maximum absolute atomic E-state index is 13.4. The van der Waals surface area contributed by atoms with Gasteiger partial charge in [-0.05, 0) is 108 Å². The molecule has 0 unspecified atom stereocenters. The Balaban J connectivity index is 1.52. The SMILES string of the molecule is CCCCN1CCC(Nc2ccc(-c3nc4cc(C)c([C@H](OC(C)(C)C)C(=O)OCC)c(-c5ccc(Cl)cc5)c4s3)cc2N)CC1. The number of ether oxygens (including phenoxy) is 2. The molecule has 1 aromatic heterocycles. The van der Waals surface area contributed by atoms with Crippen LogP contribution in [0.1, 0.15) is 77.5 Å². The minimum Gasteiger partial charge on any atom is -0.464 e. The number of anilines is 2. The summed E-state index contributed by atoms with van der Waals surface area (Å²) in [5, 5.41) is 5.19. The molecule has 46 heavy (non-hydrogen) atoms. The highest BCUT2D eigenvalue weighted by molar-refractivity contribution is 7.22. The van der Waals surface area contributed by atoms with Gasteiger partial charge in [0.1, 0.15) is 5.01 Å². The van der Waals surface area contributed by atoms with Crippen LogP contribution in [0.3, 0.4) is 0 Å². The molecule has 0 amide bonds. The summed E-state index contributed by atoms with van der Waals surface area (Å²) in [7, 11) is 0. The molecule has 1 aliphatic rings. The zero-order valence-corrected chi connectivity index (χ0v) is 29.5. The highest BCUT2D eigenvalue weighted by Crippen LogP contribution is 2.45. The third-order valence-corrected chi connectivity index (χ3v) is 9.76. The molecule has 0 radical (unpaired) electrons. The van der Waals surface area contributed by atoms with Crippen LogP contribution in [0.5, 0.6) is 0 Å². The Bertz CT molecular complexity index is 1660. The topological polar surface area (TPSA) is 89.7 Å². The summed E-state index contributed by atoms with van der Waals surface area (Å²) in [6, 6.07) is 16.3. The standard InChI is InChI=1S/C37H47ClN4O3S/c1-7-9-18-42-19-16-27(17-20-42)40-29-15-12-25(22-28(29)39)35-41-30-21-23(3)31(33(36(43)44-8-2)45-37(4,5)6)32(34(30)46-35)24-10-13-26(38)14-11-24/h10-15,21-22,27,33,40H,7-9,16-20,39H2,1-6H3/t33-/m0/s1. The highest BCUT2D eigenvalue weighted by Gasteiger charge is 2.33.